The summed E-state index contributed by atoms with van der Waals surface area (Å²) in [7, 11) is -3.89. The molecule has 8 heteroatoms. The topological polar surface area (TPSA) is 66.5 Å². The molecule has 6 rings (SSSR count). The molecule has 0 unspecified atom stereocenters. The highest BCUT2D eigenvalue weighted by atomic mass is 32.2. The second kappa shape index (κ2) is 7.35. The van der Waals surface area contributed by atoms with Crippen molar-refractivity contribution in [2.45, 2.75) is 43.7 Å². The highest BCUT2D eigenvalue weighted by Crippen LogP contribution is 2.65. The standard InChI is InChI=1S/C24H26F2N2O3S/c1-32(30,31)27-21-20(11-16-6-5-9-19(10-16)18-7-3-2-4-8-18)28(15-24(21,25)26)22(29)23-12-17(13-23)14-23/h2-10,17,20-21,27H,11-15H2,1H3/t17?,20-,21+,23?/m0/s1. The number of hydrogen-bond donors (Lipinski definition) is 1. The van der Waals surface area contributed by atoms with Crippen LogP contribution >= 0.6 is 0 Å². The van der Waals surface area contributed by atoms with E-state index < -0.39 is 40.0 Å². The zero-order valence-electron chi connectivity index (χ0n) is 17.8. The largest absolute Gasteiger partial charge is 0.331 e. The Hall–Kier alpha value is -2.32. The van der Waals surface area contributed by atoms with Crippen LogP contribution in [0.1, 0.15) is 24.8 Å². The first kappa shape index (κ1) is 21.5. The van der Waals surface area contributed by atoms with Gasteiger partial charge in [-0.05, 0) is 48.3 Å². The number of likely N-dealkylation sites (tertiary alicyclic amines) is 1. The van der Waals surface area contributed by atoms with Crippen molar-refractivity contribution in [3.05, 3.63) is 60.2 Å². The van der Waals surface area contributed by atoms with Gasteiger partial charge >= 0.3 is 0 Å². The highest BCUT2D eigenvalue weighted by molar-refractivity contribution is 7.88. The molecule has 1 N–H and O–H groups in total. The van der Waals surface area contributed by atoms with Gasteiger partial charge < -0.3 is 4.90 Å². The van der Waals surface area contributed by atoms with E-state index >= 15 is 8.78 Å². The predicted octanol–water partition coefficient (Wildman–Crippen LogP) is 3.46. The SMILES string of the molecule is CS(=O)(=O)N[C@@H]1[C@H](Cc2cccc(-c3ccccc3)c2)N(C(=O)C23CC(C2)C3)CC1(F)F. The van der Waals surface area contributed by atoms with Crippen molar-refractivity contribution in [1.82, 2.24) is 9.62 Å². The van der Waals surface area contributed by atoms with E-state index in [-0.39, 0.29) is 12.3 Å². The van der Waals surface area contributed by atoms with Gasteiger partial charge in [0.2, 0.25) is 15.9 Å². The van der Waals surface area contributed by atoms with Crippen LogP contribution in [0.15, 0.2) is 54.6 Å². The average Bonchev–Trinajstić information content (AvgIpc) is 2.90. The fourth-order valence-electron chi connectivity index (χ4n) is 5.54. The van der Waals surface area contributed by atoms with Gasteiger partial charge in [-0.25, -0.2) is 21.9 Å². The number of alkyl halides is 2. The molecule has 2 atom stereocenters. The number of halogens is 2. The zero-order valence-corrected chi connectivity index (χ0v) is 18.6. The fraction of sp³-hybridized carbons (Fsp3) is 0.458. The molecule has 2 aromatic rings. The first-order valence-corrected chi connectivity index (χ1v) is 12.8. The summed E-state index contributed by atoms with van der Waals surface area (Å²) in [6.45, 7) is -0.755. The lowest BCUT2D eigenvalue weighted by Gasteiger charge is -2.61. The van der Waals surface area contributed by atoms with Gasteiger partial charge in [-0.15, -0.1) is 0 Å². The summed E-state index contributed by atoms with van der Waals surface area (Å²) in [6, 6.07) is 14.7. The van der Waals surface area contributed by atoms with Crippen LogP contribution in [-0.4, -0.2) is 50.0 Å². The van der Waals surface area contributed by atoms with Gasteiger partial charge in [-0.1, -0.05) is 54.6 Å². The molecule has 5 nitrogen and oxygen atoms in total. The number of amides is 1. The van der Waals surface area contributed by atoms with Crippen molar-refractivity contribution >= 4 is 15.9 Å². The lowest BCUT2D eigenvalue weighted by molar-refractivity contribution is -0.178. The van der Waals surface area contributed by atoms with E-state index in [2.05, 4.69) is 4.72 Å². The maximum atomic E-state index is 15.0. The summed E-state index contributed by atoms with van der Waals surface area (Å²) in [5, 5.41) is 0. The van der Waals surface area contributed by atoms with Crippen LogP contribution in [-0.2, 0) is 21.2 Å². The summed E-state index contributed by atoms with van der Waals surface area (Å²) in [4.78, 5) is 14.5. The minimum atomic E-state index is -3.89. The molecule has 170 valence electrons. The third-order valence-electron chi connectivity index (χ3n) is 7.19. The Bertz CT molecular complexity index is 1140. The summed E-state index contributed by atoms with van der Waals surface area (Å²) in [5.41, 5.74) is 2.21. The van der Waals surface area contributed by atoms with Crippen LogP contribution in [0, 0.1) is 11.3 Å². The van der Waals surface area contributed by atoms with Crippen LogP contribution in [0.4, 0.5) is 8.78 Å². The molecule has 32 heavy (non-hydrogen) atoms. The predicted molar refractivity (Wildman–Crippen MR) is 118 cm³/mol. The molecule has 3 aliphatic carbocycles. The Labute approximate surface area is 186 Å². The molecule has 1 amide bonds. The third kappa shape index (κ3) is 3.73. The number of carbonyl (C=O) groups excluding carboxylic acids is 1. The summed E-state index contributed by atoms with van der Waals surface area (Å²) < 4.78 is 56.1. The molecular weight excluding hydrogens is 434 g/mol. The van der Waals surface area contributed by atoms with Crippen LogP contribution in [0.2, 0.25) is 0 Å². The smallest absolute Gasteiger partial charge is 0.283 e. The van der Waals surface area contributed by atoms with E-state index in [9.17, 15) is 13.2 Å². The van der Waals surface area contributed by atoms with E-state index in [0.717, 1.165) is 42.2 Å². The number of sulfonamides is 1. The second-order valence-corrected chi connectivity index (χ2v) is 11.4. The van der Waals surface area contributed by atoms with Crippen LogP contribution in [0.5, 0.6) is 0 Å². The van der Waals surface area contributed by atoms with Crippen LogP contribution in [0.3, 0.4) is 0 Å². The maximum absolute atomic E-state index is 15.0. The van der Waals surface area contributed by atoms with E-state index in [1.54, 1.807) is 0 Å². The van der Waals surface area contributed by atoms with E-state index in [4.69, 9.17) is 0 Å². The number of hydrogen-bond acceptors (Lipinski definition) is 3. The lowest BCUT2D eigenvalue weighted by atomic mass is 9.44. The Kier molecular flexibility index (Phi) is 4.94. The van der Waals surface area contributed by atoms with Gasteiger partial charge in [0, 0.05) is 0 Å². The van der Waals surface area contributed by atoms with Gasteiger partial charge in [0.15, 0.2) is 0 Å². The molecular formula is C24H26F2N2O3S. The number of benzene rings is 2. The van der Waals surface area contributed by atoms with Crippen molar-refractivity contribution in [3.8, 4) is 11.1 Å². The molecule has 4 aliphatic rings. The lowest BCUT2D eigenvalue weighted by Crippen LogP contribution is -2.62. The Morgan fingerprint density at radius 2 is 1.72 bits per heavy atom. The molecule has 0 radical (unpaired) electrons. The van der Waals surface area contributed by atoms with E-state index in [0.29, 0.717) is 5.92 Å². The van der Waals surface area contributed by atoms with Gasteiger partial charge in [-0.3, -0.25) is 4.79 Å². The molecule has 1 saturated heterocycles. The molecule has 1 aliphatic heterocycles. The minimum Gasteiger partial charge on any atom is -0.331 e. The first-order chi connectivity index (χ1) is 15.1. The average molecular weight is 461 g/mol. The summed E-state index contributed by atoms with van der Waals surface area (Å²) in [5.74, 6) is -3.06. The highest BCUT2D eigenvalue weighted by Gasteiger charge is 2.66. The van der Waals surface area contributed by atoms with Crippen molar-refractivity contribution < 1.29 is 22.0 Å². The quantitative estimate of drug-likeness (QED) is 0.718. The van der Waals surface area contributed by atoms with Crippen molar-refractivity contribution in [2.75, 3.05) is 12.8 Å². The molecule has 4 fully saturated rings. The van der Waals surface area contributed by atoms with E-state index in [1.165, 1.54) is 4.90 Å². The molecule has 2 aromatic carbocycles. The monoisotopic (exact) mass is 460 g/mol. The minimum absolute atomic E-state index is 0.148. The summed E-state index contributed by atoms with van der Waals surface area (Å²) in [6.07, 6.45) is 3.30. The maximum Gasteiger partial charge on any atom is 0.283 e. The normalized spacial score (nSPS) is 30.5. The third-order valence-corrected chi connectivity index (χ3v) is 7.88. The van der Waals surface area contributed by atoms with Gasteiger partial charge in [0.1, 0.15) is 6.04 Å². The van der Waals surface area contributed by atoms with Gasteiger partial charge in [0.25, 0.3) is 5.92 Å². The molecule has 0 aromatic heterocycles. The number of rotatable bonds is 6. The number of nitrogens with zero attached hydrogens (tertiary/aromatic N) is 1. The Morgan fingerprint density at radius 3 is 2.31 bits per heavy atom. The first-order valence-electron chi connectivity index (χ1n) is 10.9. The molecule has 0 spiro atoms. The van der Waals surface area contributed by atoms with Crippen molar-refractivity contribution in [3.63, 3.8) is 0 Å². The Morgan fingerprint density at radius 1 is 1.06 bits per heavy atom. The second-order valence-electron chi connectivity index (χ2n) is 9.66. The van der Waals surface area contributed by atoms with Crippen LogP contribution < -0.4 is 4.72 Å². The Balaban J connectivity index is 1.48. The van der Waals surface area contributed by atoms with Crippen molar-refractivity contribution in [2.24, 2.45) is 11.3 Å². The zero-order chi connectivity index (χ0) is 22.7. The summed E-state index contributed by atoms with van der Waals surface area (Å²) >= 11 is 0. The van der Waals surface area contributed by atoms with Gasteiger partial charge in [0.05, 0.1) is 24.3 Å². The molecule has 3 saturated carbocycles. The fourth-order valence-corrected chi connectivity index (χ4v) is 6.34. The van der Waals surface area contributed by atoms with Gasteiger partial charge in [-0.2, -0.15) is 0 Å². The van der Waals surface area contributed by atoms with E-state index in [1.807, 2.05) is 54.6 Å². The molecule has 1 heterocycles. The number of carbonyl (C=O) groups is 1. The number of nitrogens with one attached hydrogen (secondary N) is 1. The molecule has 2 bridgehead atoms. The van der Waals surface area contributed by atoms with Crippen molar-refractivity contribution in [1.29, 1.82) is 0 Å². The van der Waals surface area contributed by atoms with Crippen LogP contribution in [0.25, 0.3) is 11.1 Å².